The second kappa shape index (κ2) is 9.19. The van der Waals surface area contributed by atoms with Crippen LogP contribution in [0.5, 0.6) is 11.5 Å². The molecule has 1 fully saturated rings. The minimum Gasteiger partial charge on any atom is -0.456 e. The Morgan fingerprint density at radius 2 is 1.72 bits per heavy atom. The molecule has 5 heteroatoms. The van der Waals surface area contributed by atoms with E-state index in [2.05, 4.69) is 54.4 Å². The van der Waals surface area contributed by atoms with Crippen molar-refractivity contribution >= 4 is 23.0 Å². The summed E-state index contributed by atoms with van der Waals surface area (Å²) in [5.41, 5.74) is 6.20. The van der Waals surface area contributed by atoms with E-state index in [0.29, 0.717) is 11.3 Å². The SMILES string of the molecule is CCCC1CCN(c2ccc3c(c2)Oc2cc(C)c(Nc4ccccc4)cc2C32OC(=O)c3ccccc32)C1. The summed E-state index contributed by atoms with van der Waals surface area (Å²) in [6, 6.07) is 28.3. The van der Waals surface area contributed by atoms with Crippen LogP contribution >= 0.6 is 0 Å². The Morgan fingerprint density at radius 3 is 2.56 bits per heavy atom. The highest BCUT2D eigenvalue weighted by atomic mass is 16.6. The van der Waals surface area contributed by atoms with Crippen molar-refractivity contribution < 1.29 is 14.3 Å². The van der Waals surface area contributed by atoms with Crippen molar-refractivity contribution in [3.63, 3.8) is 0 Å². The van der Waals surface area contributed by atoms with E-state index in [1.54, 1.807) is 0 Å². The predicted octanol–water partition coefficient (Wildman–Crippen LogP) is 7.93. The molecule has 2 atom stereocenters. The molecule has 4 aromatic rings. The predicted molar refractivity (Wildman–Crippen MR) is 154 cm³/mol. The van der Waals surface area contributed by atoms with Gasteiger partial charge in [-0.15, -0.1) is 0 Å². The van der Waals surface area contributed by atoms with Crippen molar-refractivity contribution in [2.24, 2.45) is 5.92 Å². The standard InChI is InChI=1S/C34H32N2O3/c1-3-9-23-16-17-36(21-23)25-14-15-28-32(19-25)38-31-18-22(2)30(35-24-10-5-4-6-11-24)20-29(31)34(28)27-13-8-7-12-26(27)33(37)39-34/h4-8,10-15,18-20,23,35H,3,9,16-17,21H2,1-2H3. The van der Waals surface area contributed by atoms with Gasteiger partial charge in [0.1, 0.15) is 11.5 Å². The molecule has 196 valence electrons. The average Bonchev–Trinajstić information content (AvgIpc) is 3.54. The molecule has 5 nitrogen and oxygen atoms in total. The number of ether oxygens (including phenoxy) is 2. The largest absolute Gasteiger partial charge is 0.456 e. The normalized spacial score (nSPS) is 20.7. The number of carbonyl (C=O) groups is 1. The number of carbonyl (C=O) groups excluding carboxylic acids is 1. The van der Waals surface area contributed by atoms with E-state index in [9.17, 15) is 4.79 Å². The number of anilines is 3. The molecular weight excluding hydrogens is 484 g/mol. The highest BCUT2D eigenvalue weighted by Crippen LogP contribution is 2.57. The zero-order valence-electron chi connectivity index (χ0n) is 22.4. The summed E-state index contributed by atoms with van der Waals surface area (Å²) in [6.07, 6.45) is 3.70. The van der Waals surface area contributed by atoms with E-state index in [1.165, 1.54) is 19.3 Å². The third-order valence-electron chi connectivity index (χ3n) is 8.44. The van der Waals surface area contributed by atoms with Gasteiger partial charge in [-0.25, -0.2) is 4.79 Å². The van der Waals surface area contributed by atoms with Crippen LogP contribution in [0.2, 0.25) is 0 Å². The Kier molecular flexibility index (Phi) is 5.62. The van der Waals surface area contributed by atoms with Gasteiger partial charge in [0.05, 0.1) is 5.56 Å². The molecule has 1 spiro atoms. The number of nitrogens with one attached hydrogen (secondary N) is 1. The van der Waals surface area contributed by atoms with Crippen LogP contribution in [-0.4, -0.2) is 19.1 Å². The Morgan fingerprint density at radius 1 is 0.923 bits per heavy atom. The summed E-state index contributed by atoms with van der Waals surface area (Å²) in [5, 5.41) is 3.55. The molecule has 0 saturated carbocycles. The fraction of sp³-hybridized carbons (Fsp3) is 0.265. The second-order valence-electron chi connectivity index (χ2n) is 10.9. The number of nitrogens with zero attached hydrogens (tertiary/aromatic N) is 1. The van der Waals surface area contributed by atoms with Crippen LogP contribution in [0.25, 0.3) is 0 Å². The molecule has 2 unspecified atom stereocenters. The number of aryl methyl sites for hydroxylation is 1. The van der Waals surface area contributed by atoms with Crippen molar-refractivity contribution in [2.75, 3.05) is 23.3 Å². The molecule has 3 heterocycles. The average molecular weight is 517 g/mol. The summed E-state index contributed by atoms with van der Waals surface area (Å²) < 4.78 is 13.0. The molecule has 0 aliphatic carbocycles. The highest BCUT2D eigenvalue weighted by molar-refractivity contribution is 5.97. The number of rotatable bonds is 5. The van der Waals surface area contributed by atoms with Gasteiger partial charge in [0.2, 0.25) is 0 Å². The summed E-state index contributed by atoms with van der Waals surface area (Å²) >= 11 is 0. The first-order valence-electron chi connectivity index (χ1n) is 13.9. The maximum atomic E-state index is 13.3. The van der Waals surface area contributed by atoms with Crippen LogP contribution in [-0.2, 0) is 10.3 Å². The van der Waals surface area contributed by atoms with Gasteiger partial charge in [0, 0.05) is 52.9 Å². The molecule has 0 radical (unpaired) electrons. The first-order valence-corrected chi connectivity index (χ1v) is 13.9. The molecule has 4 aromatic carbocycles. The fourth-order valence-electron chi connectivity index (χ4n) is 6.53. The second-order valence-corrected chi connectivity index (χ2v) is 10.9. The Bertz CT molecular complexity index is 1580. The van der Waals surface area contributed by atoms with E-state index < -0.39 is 5.60 Å². The van der Waals surface area contributed by atoms with Gasteiger partial charge in [-0.2, -0.15) is 0 Å². The molecule has 1 N–H and O–H groups in total. The van der Waals surface area contributed by atoms with Gasteiger partial charge in [-0.3, -0.25) is 0 Å². The van der Waals surface area contributed by atoms with Crippen LogP contribution < -0.4 is 15.0 Å². The van der Waals surface area contributed by atoms with E-state index in [1.807, 2.05) is 54.6 Å². The van der Waals surface area contributed by atoms with Crippen LogP contribution in [0.15, 0.2) is 84.9 Å². The first kappa shape index (κ1) is 23.8. The fourth-order valence-corrected chi connectivity index (χ4v) is 6.53. The van der Waals surface area contributed by atoms with Gasteiger partial charge < -0.3 is 19.7 Å². The van der Waals surface area contributed by atoms with Crippen molar-refractivity contribution in [2.45, 2.75) is 38.7 Å². The van der Waals surface area contributed by atoms with Crippen molar-refractivity contribution in [1.29, 1.82) is 0 Å². The molecule has 7 rings (SSSR count). The number of esters is 1. The van der Waals surface area contributed by atoms with Gasteiger partial charge in [-0.1, -0.05) is 49.7 Å². The zero-order chi connectivity index (χ0) is 26.6. The molecule has 0 aromatic heterocycles. The lowest BCUT2D eigenvalue weighted by Gasteiger charge is -2.37. The summed E-state index contributed by atoms with van der Waals surface area (Å²) in [7, 11) is 0. The molecular formula is C34H32N2O3. The van der Waals surface area contributed by atoms with Gasteiger partial charge >= 0.3 is 5.97 Å². The third-order valence-corrected chi connectivity index (χ3v) is 8.44. The minimum absolute atomic E-state index is 0.312. The smallest absolute Gasteiger partial charge is 0.340 e. The number of para-hydroxylation sites is 1. The minimum atomic E-state index is -1.08. The lowest BCUT2D eigenvalue weighted by molar-refractivity contribution is 0.0224. The van der Waals surface area contributed by atoms with Crippen LogP contribution in [0, 0.1) is 12.8 Å². The van der Waals surface area contributed by atoms with E-state index in [-0.39, 0.29) is 5.97 Å². The molecule has 1 saturated heterocycles. The molecule has 3 aliphatic rings. The van der Waals surface area contributed by atoms with Crippen molar-refractivity contribution in [1.82, 2.24) is 0 Å². The summed E-state index contributed by atoms with van der Waals surface area (Å²) in [6.45, 7) is 6.45. The molecule has 0 bridgehead atoms. The third kappa shape index (κ3) is 3.79. The number of hydrogen-bond acceptors (Lipinski definition) is 5. The van der Waals surface area contributed by atoms with Crippen LogP contribution in [0.1, 0.15) is 58.8 Å². The van der Waals surface area contributed by atoms with Crippen LogP contribution in [0.3, 0.4) is 0 Å². The number of hydrogen-bond donors (Lipinski definition) is 1. The van der Waals surface area contributed by atoms with Gasteiger partial charge in [0.25, 0.3) is 0 Å². The van der Waals surface area contributed by atoms with Crippen molar-refractivity contribution in [3.05, 3.63) is 113 Å². The Balaban J connectivity index is 1.37. The van der Waals surface area contributed by atoms with E-state index in [0.717, 1.165) is 64.1 Å². The Labute approximate surface area is 229 Å². The maximum Gasteiger partial charge on any atom is 0.340 e. The number of benzene rings is 4. The van der Waals surface area contributed by atoms with Crippen LogP contribution in [0.4, 0.5) is 17.1 Å². The van der Waals surface area contributed by atoms with Gasteiger partial charge in [0.15, 0.2) is 5.60 Å². The first-order chi connectivity index (χ1) is 19.1. The summed E-state index contributed by atoms with van der Waals surface area (Å²) in [4.78, 5) is 15.7. The molecule has 3 aliphatic heterocycles. The van der Waals surface area contributed by atoms with E-state index in [4.69, 9.17) is 9.47 Å². The van der Waals surface area contributed by atoms with Crippen molar-refractivity contribution in [3.8, 4) is 11.5 Å². The monoisotopic (exact) mass is 516 g/mol. The zero-order valence-corrected chi connectivity index (χ0v) is 22.4. The Hall–Kier alpha value is -4.25. The lowest BCUT2D eigenvalue weighted by Crippen LogP contribution is -2.33. The highest BCUT2D eigenvalue weighted by Gasteiger charge is 2.53. The molecule has 0 amide bonds. The lowest BCUT2D eigenvalue weighted by atomic mass is 9.77. The summed E-state index contributed by atoms with van der Waals surface area (Å²) in [5.74, 6) is 1.88. The topological polar surface area (TPSA) is 50.8 Å². The van der Waals surface area contributed by atoms with Gasteiger partial charge in [-0.05, 0) is 73.7 Å². The number of fused-ring (bicyclic) bond motifs is 6. The van der Waals surface area contributed by atoms with E-state index >= 15 is 0 Å². The molecule has 39 heavy (non-hydrogen) atoms. The maximum absolute atomic E-state index is 13.3. The quantitative estimate of drug-likeness (QED) is 0.273.